The lowest BCUT2D eigenvalue weighted by Gasteiger charge is -2.21. The Hall–Kier alpha value is -0.960. The number of halogens is 1. The minimum absolute atomic E-state index is 0.0535. The average Bonchev–Trinajstić information content (AvgIpc) is 2.52. The molecule has 3 nitrogen and oxygen atoms in total. The molecule has 1 rings (SSSR count). The molecule has 0 aliphatic heterocycles. The molecule has 0 aliphatic rings. The highest BCUT2D eigenvalue weighted by Gasteiger charge is 2.19. The highest BCUT2D eigenvalue weighted by molar-refractivity contribution is 6.21. The molecule has 102 valence electrons. The Morgan fingerprint density at radius 2 is 2.06 bits per heavy atom. The number of furan rings is 1. The Labute approximate surface area is 114 Å². The van der Waals surface area contributed by atoms with Crippen molar-refractivity contribution in [1.29, 1.82) is 0 Å². The summed E-state index contributed by atoms with van der Waals surface area (Å²) in [6.07, 6.45) is 0.859. The lowest BCUT2D eigenvalue weighted by atomic mass is 9.90. The van der Waals surface area contributed by atoms with Crippen LogP contribution in [0.3, 0.4) is 0 Å². The first-order chi connectivity index (χ1) is 8.19. The fraction of sp³-hybridized carbons (Fsp3) is 0.643. The molecule has 1 unspecified atom stereocenters. The van der Waals surface area contributed by atoms with Gasteiger partial charge in [0, 0.05) is 6.54 Å². The number of aryl methyl sites for hydroxylation is 2. The smallest absolute Gasteiger partial charge is 0.254 e. The minimum atomic E-state index is -0.121. The molecule has 1 N–H and O–H groups in total. The minimum Gasteiger partial charge on any atom is -0.466 e. The van der Waals surface area contributed by atoms with Gasteiger partial charge in [-0.05, 0) is 31.7 Å². The summed E-state index contributed by atoms with van der Waals surface area (Å²) in [5, 5.41) is 2.79. The van der Waals surface area contributed by atoms with Crippen molar-refractivity contribution in [2.45, 2.75) is 46.4 Å². The first kappa shape index (κ1) is 15.1. The van der Waals surface area contributed by atoms with Gasteiger partial charge in [-0.2, -0.15) is 0 Å². The van der Waals surface area contributed by atoms with Crippen LogP contribution in [-0.2, 0) is 0 Å². The third-order valence-electron chi connectivity index (χ3n) is 2.60. The molecule has 18 heavy (non-hydrogen) atoms. The second-order valence-corrected chi connectivity index (χ2v) is 6.52. The molecule has 0 aromatic carbocycles. The van der Waals surface area contributed by atoms with Gasteiger partial charge in [0.25, 0.3) is 5.91 Å². The number of rotatable bonds is 4. The number of nitrogens with one attached hydrogen (secondary N) is 1. The van der Waals surface area contributed by atoms with Crippen molar-refractivity contribution in [3.8, 4) is 0 Å². The third-order valence-corrected chi connectivity index (χ3v) is 2.91. The maximum atomic E-state index is 11.9. The molecule has 1 aromatic heterocycles. The van der Waals surface area contributed by atoms with Crippen molar-refractivity contribution in [3.05, 3.63) is 23.2 Å². The van der Waals surface area contributed by atoms with Crippen LogP contribution in [-0.4, -0.2) is 17.8 Å². The van der Waals surface area contributed by atoms with Gasteiger partial charge in [0.15, 0.2) is 0 Å². The molecule has 1 amide bonds. The molecule has 0 bridgehead atoms. The molecular weight excluding hydrogens is 250 g/mol. The van der Waals surface area contributed by atoms with Crippen LogP contribution in [0.2, 0.25) is 0 Å². The molecule has 1 heterocycles. The molecule has 0 spiro atoms. The second-order valence-electron chi connectivity index (χ2n) is 5.90. The Bertz CT molecular complexity index is 418. The molecule has 0 saturated carbocycles. The van der Waals surface area contributed by atoms with Crippen LogP contribution in [0.15, 0.2) is 10.5 Å². The van der Waals surface area contributed by atoms with Gasteiger partial charge in [0.05, 0.1) is 10.9 Å². The molecule has 1 aromatic rings. The molecule has 0 radical (unpaired) electrons. The Morgan fingerprint density at radius 1 is 1.44 bits per heavy atom. The van der Waals surface area contributed by atoms with Crippen molar-refractivity contribution in [1.82, 2.24) is 5.32 Å². The quantitative estimate of drug-likeness (QED) is 0.849. The first-order valence-corrected chi connectivity index (χ1v) is 6.62. The fourth-order valence-corrected chi connectivity index (χ4v) is 2.43. The van der Waals surface area contributed by atoms with E-state index in [2.05, 4.69) is 26.1 Å². The summed E-state index contributed by atoms with van der Waals surface area (Å²) in [5.41, 5.74) is 0.756. The van der Waals surface area contributed by atoms with Crippen molar-refractivity contribution in [2.75, 3.05) is 6.54 Å². The summed E-state index contributed by atoms with van der Waals surface area (Å²) < 4.78 is 5.33. The van der Waals surface area contributed by atoms with Gasteiger partial charge >= 0.3 is 0 Å². The predicted molar refractivity (Wildman–Crippen MR) is 74.2 cm³/mol. The third kappa shape index (κ3) is 4.73. The Balaban J connectivity index is 2.49. The summed E-state index contributed by atoms with van der Waals surface area (Å²) in [6, 6.07) is 1.75. The summed E-state index contributed by atoms with van der Waals surface area (Å²) in [6.45, 7) is 10.5. The van der Waals surface area contributed by atoms with Crippen molar-refractivity contribution < 1.29 is 9.21 Å². The van der Waals surface area contributed by atoms with Crippen molar-refractivity contribution in [3.63, 3.8) is 0 Å². The monoisotopic (exact) mass is 271 g/mol. The van der Waals surface area contributed by atoms with Gasteiger partial charge in [-0.15, -0.1) is 11.6 Å². The van der Waals surface area contributed by atoms with E-state index in [-0.39, 0.29) is 16.7 Å². The average molecular weight is 272 g/mol. The van der Waals surface area contributed by atoms with E-state index in [1.165, 1.54) is 0 Å². The molecule has 0 aliphatic carbocycles. The van der Waals surface area contributed by atoms with E-state index in [1.807, 2.05) is 6.92 Å². The van der Waals surface area contributed by atoms with E-state index in [1.54, 1.807) is 13.0 Å². The van der Waals surface area contributed by atoms with Crippen LogP contribution in [0.1, 0.15) is 49.1 Å². The summed E-state index contributed by atoms with van der Waals surface area (Å²) in [4.78, 5) is 11.9. The maximum Gasteiger partial charge on any atom is 0.254 e. The summed E-state index contributed by atoms with van der Waals surface area (Å²) in [5.74, 6) is 1.27. The first-order valence-electron chi connectivity index (χ1n) is 6.18. The van der Waals surface area contributed by atoms with Crippen LogP contribution >= 0.6 is 11.6 Å². The number of alkyl halides is 1. The van der Waals surface area contributed by atoms with Crippen LogP contribution in [0, 0.1) is 19.3 Å². The second kappa shape index (κ2) is 5.79. The molecular formula is C14H22ClNO2. The van der Waals surface area contributed by atoms with Crippen molar-refractivity contribution >= 4 is 17.5 Å². The fourth-order valence-electron chi connectivity index (χ4n) is 1.89. The van der Waals surface area contributed by atoms with Gasteiger partial charge < -0.3 is 9.73 Å². The zero-order valence-electron chi connectivity index (χ0n) is 11.8. The van der Waals surface area contributed by atoms with Gasteiger partial charge in [0.1, 0.15) is 11.5 Å². The number of carbonyl (C=O) groups is 1. The topological polar surface area (TPSA) is 42.2 Å². The highest BCUT2D eigenvalue weighted by atomic mass is 35.5. The largest absolute Gasteiger partial charge is 0.466 e. The Morgan fingerprint density at radius 3 is 2.50 bits per heavy atom. The van der Waals surface area contributed by atoms with Gasteiger partial charge in [-0.3, -0.25) is 4.79 Å². The number of carbonyl (C=O) groups excluding carboxylic acids is 1. The van der Waals surface area contributed by atoms with E-state index in [0.717, 1.165) is 12.2 Å². The van der Waals surface area contributed by atoms with Crippen LogP contribution in [0.25, 0.3) is 0 Å². The summed E-state index contributed by atoms with van der Waals surface area (Å²) in [7, 11) is 0. The number of amides is 1. The predicted octanol–water partition coefficient (Wildman–Crippen LogP) is 3.67. The highest BCUT2D eigenvalue weighted by Crippen LogP contribution is 2.23. The standard InChI is InChI=1S/C14H22ClNO2/c1-9-6-12(10(2)18-9)13(17)16-8-11(15)7-14(3,4)5/h6,11H,7-8H2,1-5H3,(H,16,17). The number of hydrogen-bond acceptors (Lipinski definition) is 2. The van der Waals surface area contributed by atoms with Crippen LogP contribution in [0.4, 0.5) is 0 Å². The van der Waals surface area contributed by atoms with E-state index >= 15 is 0 Å². The van der Waals surface area contributed by atoms with E-state index < -0.39 is 0 Å². The van der Waals surface area contributed by atoms with Gasteiger partial charge in [0.2, 0.25) is 0 Å². The molecule has 0 saturated heterocycles. The Kier molecular flexibility index (Phi) is 4.85. The lowest BCUT2D eigenvalue weighted by Crippen LogP contribution is -2.31. The molecule has 1 atom stereocenters. The maximum absolute atomic E-state index is 11.9. The number of hydrogen-bond donors (Lipinski definition) is 1. The van der Waals surface area contributed by atoms with Gasteiger partial charge in [-0.25, -0.2) is 0 Å². The SMILES string of the molecule is Cc1cc(C(=O)NCC(Cl)CC(C)(C)C)c(C)o1. The normalized spacial score (nSPS) is 13.4. The lowest BCUT2D eigenvalue weighted by molar-refractivity contribution is 0.0950. The van der Waals surface area contributed by atoms with Gasteiger partial charge in [-0.1, -0.05) is 20.8 Å². The summed E-state index contributed by atoms with van der Waals surface area (Å²) >= 11 is 6.20. The zero-order valence-corrected chi connectivity index (χ0v) is 12.5. The zero-order chi connectivity index (χ0) is 13.9. The molecule has 0 fully saturated rings. The van der Waals surface area contributed by atoms with E-state index in [4.69, 9.17) is 16.0 Å². The molecule has 4 heteroatoms. The van der Waals surface area contributed by atoms with Crippen LogP contribution in [0.5, 0.6) is 0 Å². The van der Waals surface area contributed by atoms with E-state index in [0.29, 0.717) is 17.9 Å². The van der Waals surface area contributed by atoms with Crippen molar-refractivity contribution in [2.24, 2.45) is 5.41 Å². The van der Waals surface area contributed by atoms with E-state index in [9.17, 15) is 4.79 Å². The van der Waals surface area contributed by atoms with Crippen LogP contribution < -0.4 is 5.32 Å².